The van der Waals surface area contributed by atoms with E-state index in [1.54, 1.807) is 6.08 Å². The van der Waals surface area contributed by atoms with Crippen LogP contribution in [-0.2, 0) is 20.9 Å². The molecule has 0 aliphatic carbocycles. The number of carbonyl (C=O) groups excluding carboxylic acids is 1. The second-order valence-electron chi connectivity index (χ2n) is 3.73. The first-order valence-electron chi connectivity index (χ1n) is 5.27. The molecular formula is C13H14O3. The van der Waals surface area contributed by atoms with Gasteiger partial charge < -0.3 is 9.47 Å². The van der Waals surface area contributed by atoms with Gasteiger partial charge in [-0.2, -0.15) is 0 Å². The summed E-state index contributed by atoms with van der Waals surface area (Å²) in [5, 5.41) is 0. The number of hydrogen-bond donors (Lipinski definition) is 0. The van der Waals surface area contributed by atoms with Crippen LogP contribution in [-0.4, -0.2) is 18.2 Å². The summed E-state index contributed by atoms with van der Waals surface area (Å²) in [4.78, 5) is 11.1. The van der Waals surface area contributed by atoms with Crippen molar-refractivity contribution in [3.05, 3.63) is 48.6 Å². The third-order valence-corrected chi connectivity index (χ3v) is 2.54. The minimum absolute atomic E-state index is 0.204. The van der Waals surface area contributed by atoms with Crippen molar-refractivity contribution in [2.75, 3.05) is 0 Å². The van der Waals surface area contributed by atoms with Gasteiger partial charge >= 0.3 is 5.97 Å². The van der Waals surface area contributed by atoms with E-state index in [0.29, 0.717) is 13.0 Å². The van der Waals surface area contributed by atoms with Gasteiger partial charge in [0.25, 0.3) is 0 Å². The maximum Gasteiger partial charge on any atom is 0.309 e. The molecule has 1 aromatic carbocycles. The van der Waals surface area contributed by atoms with E-state index in [2.05, 4.69) is 6.58 Å². The molecule has 3 heteroatoms. The van der Waals surface area contributed by atoms with Gasteiger partial charge in [0.2, 0.25) is 0 Å². The van der Waals surface area contributed by atoms with Gasteiger partial charge in [0.1, 0.15) is 12.2 Å². The Balaban J connectivity index is 1.90. The first-order valence-corrected chi connectivity index (χ1v) is 5.27. The van der Waals surface area contributed by atoms with Crippen molar-refractivity contribution in [3.8, 4) is 0 Å². The number of rotatable bonds is 4. The Morgan fingerprint density at radius 2 is 2.19 bits per heavy atom. The van der Waals surface area contributed by atoms with Crippen molar-refractivity contribution in [1.29, 1.82) is 0 Å². The van der Waals surface area contributed by atoms with Crippen molar-refractivity contribution >= 4 is 5.97 Å². The topological polar surface area (TPSA) is 35.5 Å². The minimum Gasteiger partial charge on any atom is -0.455 e. The van der Waals surface area contributed by atoms with Crippen molar-refractivity contribution in [2.45, 2.75) is 25.2 Å². The molecule has 0 unspecified atom stereocenters. The van der Waals surface area contributed by atoms with Crippen LogP contribution in [0.2, 0.25) is 0 Å². The van der Waals surface area contributed by atoms with E-state index in [1.807, 2.05) is 30.3 Å². The molecule has 1 heterocycles. The van der Waals surface area contributed by atoms with E-state index in [9.17, 15) is 4.79 Å². The lowest BCUT2D eigenvalue weighted by molar-refractivity contribution is -0.140. The molecule has 0 amide bonds. The fraction of sp³-hybridized carbons (Fsp3) is 0.308. The van der Waals surface area contributed by atoms with Crippen molar-refractivity contribution in [2.24, 2.45) is 0 Å². The molecule has 0 N–H and O–H groups in total. The van der Waals surface area contributed by atoms with Crippen LogP contribution in [0, 0.1) is 0 Å². The number of hydrogen-bond acceptors (Lipinski definition) is 3. The number of benzene rings is 1. The molecule has 1 aliphatic heterocycles. The molecule has 1 saturated heterocycles. The molecular weight excluding hydrogens is 204 g/mol. The van der Waals surface area contributed by atoms with Crippen LogP contribution in [0.5, 0.6) is 0 Å². The molecule has 1 aromatic rings. The monoisotopic (exact) mass is 218 g/mol. The van der Waals surface area contributed by atoms with E-state index in [1.165, 1.54) is 0 Å². The second kappa shape index (κ2) is 4.94. The first kappa shape index (κ1) is 10.9. The van der Waals surface area contributed by atoms with E-state index >= 15 is 0 Å². The van der Waals surface area contributed by atoms with Crippen LogP contribution >= 0.6 is 0 Å². The molecule has 0 saturated carbocycles. The van der Waals surface area contributed by atoms with E-state index in [0.717, 1.165) is 5.56 Å². The Morgan fingerprint density at radius 1 is 1.44 bits per heavy atom. The summed E-state index contributed by atoms with van der Waals surface area (Å²) in [6, 6.07) is 9.85. The summed E-state index contributed by atoms with van der Waals surface area (Å²) in [5.74, 6) is -0.219. The predicted molar refractivity (Wildman–Crippen MR) is 59.7 cm³/mol. The zero-order chi connectivity index (χ0) is 11.4. The maximum absolute atomic E-state index is 11.1. The molecule has 2 rings (SSSR count). The van der Waals surface area contributed by atoms with Gasteiger partial charge in [0, 0.05) is 0 Å². The Kier molecular flexibility index (Phi) is 3.37. The van der Waals surface area contributed by atoms with Gasteiger partial charge in [0.15, 0.2) is 0 Å². The van der Waals surface area contributed by atoms with Crippen LogP contribution in [0.1, 0.15) is 12.0 Å². The summed E-state index contributed by atoms with van der Waals surface area (Å²) in [6.07, 6.45) is 1.41. The highest BCUT2D eigenvalue weighted by molar-refractivity contribution is 5.72. The number of ether oxygens (including phenoxy) is 2. The largest absolute Gasteiger partial charge is 0.455 e. The second-order valence-corrected chi connectivity index (χ2v) is 3.73. The summed E-state index contributed by atoms with van der Waals surface area (Å²) in [6.45, 7) is 4.12. The molecule has 0 radical (unpaired) electrons. The van der Waals surface area contributed by atoms with Crippen LogP contribution in [0.25, 0.3) is 0 Å². The van der Waals surface area contributed by atoms with Crippen LogP contribution in [0.4, 0.5) is 0 Å². The fourth-order valence-electron chi connectivity index (χ4n) is 1.69. The summed E-state index contributed by atoms with van der Waals surface area (Å²) < 4.78 is 10.7. The van der Waals surface area contributed by atoms with Crippen molar-refractivity contribution in [3.63, 3.8) is 0 Å². The molecule has 84 valence electrons. The van der Waals surface area contributed by atoms with Gasteiger partial charge in [-0.25, -0.2) is 0 Å². The molecule has 1 fully saturated rings. The summed E-state index contributed by atoms with van der Waals surface area (Å²) in [5.41, 5.74) is 1.09. The Labute approximate surface area is 94.7 Å². The molecule has 0 bridgehead atoms. The number of cyclic esters (lactones) is 1. The number of esters is 1. The van der Waals surface area contributed by atoms with Gasteiger partial charge in [-0.3, -0.25) is 4.79 Å². The van der Waals surface area contributed by atoms with Gasteiger partial charge in [-0.15, -0.1) is 0 Å². The van der Waals surface area contributed by atoms with Gasteiger partial charge in [-0.1, -0.05) is 36.9 Å². The smallest absolute Gasteiger partial charge is 0.309 e. The quantitative estimate of drug-likeness (QED) is 0.573. The maximum atomic E-state index is 11.1. The SMILES string of the molecule is C=C[C@H]1OC(=O)C[C@H]1OCc1ccccc1. The Morgan fingerprint density at radius 3 is 2.88 bits per heavy atom. The minimum atomic E-state index is -0.309. The zero-order valence-corrected chi connectivity index (χ0v) is 8.96. The molecule has 0 spiro atoms. The third kappa shape index (κ3) is 2.49. The normalized spacial score (nSPS) is 24.1. The van der Waals surface area contributed by atoms with Crippen LogP contribution in [0.3, 0.4) is 0 Å². The van der Waals surface area contributed by atoms with Crippen LogP contribution < -0.4 is 0 Å². The van der Waals surface area contributed by atoms with E-state index in [4.69, 9.17) is 9.47 Å². The molecule has 2 atom stereocenters. The average molecular weight is 218 g/mol. The molecule has 0 aromatic heterocycles. The van der Waals surface area contributed by atoms with E-state index in [-0.39, 0.29) is 18.2 Å². The summed E-state index contributed by atoms with van der Waals surface area (Å²) >= 11 is 0. The molecule has 1 aliphatic rings. The summed E-state index contributed by atoms with van der Waals surface area (Å²) in [7, 11) is 0. The highest BCUT2D eigenvalue weighted by Gasteiger charge is 2.33. The predicted octanol–water partition coefficient (Wildman–Crippen LogP) is 2.07. The molecule has 3 nitrogen and oxygen atoms in total. The lowest BCUT2D eigenvalue weighted by atomic mass is 10.2. The van der Waals surface area contributed by atoms with Crippen molar-refractivity contribution in [1.82, 2.24) is 0 Å². The Hall–Kier alpha value is -1.61. The fourth-order valence-corrected chi connectivity index (χ4v) is 1.69. The lowest BCUT2D eigenvalue weighted by Gasteiger charge is -2.14. The Bertz CT molecular complexity index is 372. The van der Waals surface area contributed by atoms with E-state index < -0.39 is 0 Å². The highest BCUT2D eigenvalue weighted by Crippen LogP contribution is 2.20. The van der Waals surface area contributed by atoms with Crippen LogP contribution in [0.15, 0.2) is 43.0 Å². The average Bonchev–Trinajstić information content (AvgIpc) is 2.68. The number of carbonyl (C=O) groups is 1. The first-order chi connectivity index (χ1) is 7.79. The highest BCUT2D eigenvalue weighted by atomic mass is 16.6. The third-order valence-electron chi connectivity index (χ3n) is 2.54. The van der Waals surface area contributed by atoms with Crippen molar-refractivity contribution < 1.29 is 14.3 Å². The van der Waals surface area contributed by atoms with Gasteiger partial charge in [-0.05, 0) is 11.6 Å². The zero-order valence-electron chi connectivity index (χ0n) is 8.96. The lowest BCUT2D eigenvalue weighted by Crippen LogP contribution is -2.21. The molecule has 16 heavy (non-hydrogen) atoms. The van der Waals surface area contributed by atoms with Gasteiger partial charge in [0.05, 0.1) is 13.0 Å². The standard InChI is InChI=1S/C13H14O3/c1-2-11-12(8-13(14)16-11)15-9-10-6-4-3-5-7-10/h2-7,11-12H,1,8-9H2/t11-,12-/m1/s1.